The first-order valence-corrected chi connectivity index (χ1v) is 6.03. The number of halogens is 1. The number of hydrogen-bond acceptors (Lipinski definition) is 3. The minimum atomic E-state index is 0. The van der Waals surface area contributed by atoms with E-state index in [0.717, 1.165) is 24.9 Å². The van der Waals surface area contributed by atoms with Gasteiger partial charge in [-0.25, -0.2) is 0 Å². The van der Waals surface area contributed by atoms with E-state index in [1.165, 1.54) is 6.07 Å². The van der Waals surface area contributed by atoms with Crippen molar-refractivity contribution in [3.8, 4) is 11.5 Å². The van der Waals surface area contributed by atoms with Crippen LogP contribution in [0.1, 0.15) is 12.0 Å². The highest BCUT2D eigenvalue weighted by Crippen LogP contribution is 2.21. The number of rotatable bonds is 4. The summed E-state index contributed by atoms with van der Waals surface area (Å²) in [5.74, 6) is 0.229. The molecular weight excluding hydrogens is 306 g/mol. The van der Waals surface area contributed by atoms with Gasteiger partial charge in [-0.3, -0.25) is 0 Å². The standard InChI is InChI=1S/C15H17NO2.BrH/c17-14-10-13(11-15(18)12-14)6-5-9-16-7-3-1-2-4-8-16;/h1-4,7-8,10-12,17-18H,5-6,9H2;1H. The van der Waals surface area contributed by atoms with Crippen molar-refractivity contribution in [3.05, 3.63) is 60.5 Å². The molecule has 4 heteroatoms. The van der Waals surface area contributed by atoms with Crippen molar-refractivity contribution in [2.45, 2.75) is 12.8 Å². The number of benzene rings is 1. The Labute approximate surface area is 124 Å². The van der Waals surface area contributed by atoms with Crippen LogP contribution in [0.5, 0.6) is 11.5 Å². The molecule has 1 aliphatic heterocycles. The van der Waals surface area contributed by atoms with Gasteiger partial charge in [-0.05, 0) is 42.7 Å². The zero-order valence-corrected chi connectivity index (χ0v) is 12.3. The fourth-order valence-corrected chi connectivity index (χ4v) is 1.91. The molecule has 1 heterocycles. The number of phenolic OH excluding ortho intramolecular Hbond substituents is 2. The second-order valence-corrected chi connectivity index (χ2v) is 4.27. The topological polar surface area (TPSA) is 43.7 Å². The number of hydrogen-bond donors (Lipinski definition) is 2. The molecule has 0 saturated carbocycles. The van der Waals surface area contributed by atoms with Gasteiger partial charge in [0.2, 0.25) is 0 Å². The quantitative estimate of drug-likeness (QED) is 0.891. The lowest BCUT2D eigenvalue weighted by Gasteiger charge is -2.14. The molecule has 0 aliphatic carbocycles. The van der Waals surface area contributed by atoms with Crippen molar-refractivity contribution in [2.75, 3.05) is 6.54 Å². The lowest BCUT2D eigenvalue weighted by Crippen LogP contribution is -2.11. The van der Waals surface area contributed by atoms with Crippen LogP contribution in [0.4, 0.5) is 0 Å². The van der Waals surface area contributed by atoms with E-state index in [4.69, 9.17) is 0 Å². The van der Waals surface area contributed by atoms with Gasteiger partial charge in [-0.2, -0.15) is 0 Å². The fourth-order valence-electron chi connectivity index (χ4n) is 1.91. The zero-order chi connectivity index (χ0) is 12.8. The van der Waals surface area contributed by atoms with E-state index in [1.54, 1.807) is 12.1 Å². The van der Waals surface area contributed by atoms with Gasteiger partial charge in [-0.1, -0.05) is 12.2 Å². The van der Waals surface area contributed by atoms with Crippen LogP contribution in [0.2, 0.25) is 0 Å². The van der Waals surface area contributed by atoms with E-state index in [-0.39, 0.29) is 28.5 Å². The summed E-state index contributed by atoms with van der Waals surface area (Å²) < 4.78 is 0. The first-order valence-electron chi connectivity index (χ1n) is 6.03. The molecule has 102 valence electrons. The van der Waals surface area contributed by atoms with Crippen molar-refractivity contribution in [2.24, 2.45) is 0 Å². The maximum absolute atomic E-state index is 9.38. The Morgan fingerprint density at radius 2 is 1.42 bits per heavy atom. The van der Waals surface area contributed by atoms with Gasteiger partial charge in [-0.15, -0.1) is 17.0 Å². The average molecular weight is 324 g/mol. The van der Waals surface area contributed by atoms with Gasteiger partial charge in [0.15, 0.2) is 0 Å². The predicted octanol–water partition coefficient (Wildman–Crippen LogP) is 3.51. The van der Waals surface area contributed by atoms with Crippen LogP contribution in [0.3, 0.4) is 0 Å². The number of aromatic hydroxyl groups is 2. The summed E-state index contributed by atoms with van der Waals surface area (Å²) in [7, 11) is 0. The summed E-state index contributed by atoms with van der Waals surface area (Å²) >= 11 is 0. The van der Waals surface area contributed by atoms with Gasteiger partial charge in [0, 0.05) is 25.0 Å². The third-order valence-electron chi connectivity index (χ3n) is 2.73. The van der Waals surface area contributed by atoms with Gasteiger partial charge < -0.3 is 15.1 Å². The summed E-state index contributed by atoms with van der Waals surface area (Å²) in [5.41, 5.74) is 0.952. The fraction of sp³-hybridized carbons (Fsp3) is 0.200. The summed E-state index contributed by atoms with van der Waals surface area (Å²) in [6.45, 7) is 0.908. The molecule has 0 bridgehead atoms. The van der Waals surface area contributed by atoms with Gasteiger partial charge in [0.1, 0.15) is 11.5 Å². The van der Waals surface area contributed by atoms with E-state index >= 15 is 0 Å². The molecule has 0 unspecified atom stereocenters. The van der Waals surface area contributed by atoms with Crippen molar-refractivity contribution in [1.29, 1.82) is 0 Å². The van der Waals surface area contributed by atoms with Crippen LogP contribution in [0.15, 0.2) is 54.9 Å². The first-order chi connectivity index (χ1) is 8.74. The van der Waals surface area contributed by atoms with Crippen molar-refractivity contribution in [3.63, 3.8) is 0 Å². The minimum Gasteiger partial charge on any atom is -0.508 e. The molecule has 1 aromatic rings. The van der Waals surface area contributed by atoms with E-state index in [2.05, 4.69) is 4.90 Å². The summed E-state index contributed by atoms with van der Waals surface area (Å²) in [6, 6.07) is 4.72. The molecule has 2 N–H and O–H groups in total. The highest BCUT2D eigenvalue weighted by Gasteiger charge is 2.01. The average Bonchev–Trinajstić information content (AvgIpc) is 2.56. The molecule has 0 fully saturated rings. The normalized spacial score (nSPS) is 13.2. The van der Waals surface area contributed by atoms with Crippen LogP contribution in [0.25, 0.3) is 0 Å². The van der Waals surface area contributed by atoms with Crippen molar-refractivity contribution < 1.29 is 10.2 Å². The molecular formula is C15H18BrNO2. The van der Waals surface area contributed by atoms with E-state index in [9.17, 15) is 10.2 Å². The summed E-state index contributed by atoms with van der Waals surface area (Å²) in [6.07, 6.45) is 13.8. The van der Waals surface area contributed by atoms with Gasteiger partial charge in [0.05, 0.1) is 0 Å². The molecule has 0 saturated heterocycles. The number of aryl methyl sites for hydroxylation is 1. The molecule has 0 radical (unpaired) electrons. The number of allylic oxidation sites excluding steroid dienone is 4. The van der Waals surface area contributed by atoms with E-state index in [0.29, 0.717) is 0 Å². The molecule has 2 rings (SSSR count). The van der Waals surface area contributed by atoms with Crippen LogP contribution < -0.4 is 0 Å². The molecule has 1 aromatic carbocycles. The van der Waals surface area contributed by atoms with Crippen LogP contribution in [0, 0.1) is 0 Å². The number of nitrogens with zero attached hydrogens (tertiary/aromatic N) is 1. The SMILES string of the molecule is Br.Oc1cc(O)cc(CCCN2C=CC=CC=C2)c1. The Hall–Kier alpha value is -1.68. The lowest BCUT2D eigenvalue weighted by molar-refractivity contribution is 0.447. The minimum absolute atomic E-state index is 0. The van der Waals surface area contributed by atoms with Gasteiger partial charge in [0.25, 0.3) is 0 Å². The maximum Gasteiger partial charge on any atom is 0.119 e. The van der Waals surface area contributed by atoms with E-state index < -0.39 is 0 Å². The van der Waals surface area contributed by atoms with Crippen molar-refractivity contribution in [1.82, 2.24) is 4.90 Å². The molecule has 3 nitrogen and oxygen atoms in total. The molecule has 0 atom stereocenters. The maximum atomic E-state index is 9.38. The zero-order valence-electron chi connectivity index (χ0n) is 10.6. The molecule has 19 heavy (non-hydrogen) atoms. The number of phenols is 2. The highest BCUT2D eigenvalue weighted by molar-refractivity contribution is 8.93. The Morgan fingerprint density at radius 1 is 0.842 bits per heavy atom. The molecule has 0 spiro atoms. The Kier molecular flexibility index (Phi) is 6.22. The summed E-state index contributed by atoms with van der Waals surface area (Å²) in [4.78, 5) is 2.11. The monoisotopic (exact) mass is 323 g/mol. The predicted molar refractivity (Wildman–Crippen MR) is 82.5 cm³/mol. The smallest absolute Gasteiger partial charge is 0.119 e. The highest BCUT2D eigenvalue weighted by atomic mass is 79.9. The molecule has 0 amide bonds. The molecule has 0 aromatic heterocycles. The van der Waals surface area contributed by atoms with Crippen LogP contribution >= 0.6 is 17.0 Å². The lowest BCUT2D eigenvalue weighted by atomic mass is 10.1. The largest absolute Gasteiger partial charge is 0.508 e. The Bertz CT molecular complexity index is 459. The Balaban J connectivity index is 0.00000180. The van der Waals surface area contributed by atoms with Crippen LogP contribution in [-0.4, -0.2) is 21.7 Å². The second-order valence-electron chi connectivity index (χ2n) is 4.27. The third-order valence-corrected chi connectivity index (χ3v) is 2.73. The Morgan fingerprint density at radius 3 is 2.00 bits per heavy atom. The van der Waals surface area contributed by atoms with Crippen LogP contribution in [-0.2, 0) is 6.42 Å². The third kappa shape index (κ3) is 5.22. The van der Waals surface area contributed by atoms with Crippen molar-refractivity contribution >= 4 is 17.0 Å². The molecule has 1 aliphatic rings. The first kappa shape index (κ1) is 15.4. The summed E-state index contributed by atoms with van der Waals surface area (Å²) in [5, 5.41) is 18.8. The van der Waals surface area contributed by atoms with Gasteiger partial charge >= 0.3 is 0 Å². The second kappa shape index (κ2) is 7.69. The van der Waals surface area contributed by atoms with E-state index in [1.807, 2.05) is 36.7 Å².